The molecule has 0 spiro atoms. The van der Waals surface area contributed by atoms with Gasteiger partial charge in [-0.25, -0.2) is 4.79 Å². The molecule has 1 aliphatic rings. The second-order valence-corrected chi connectivity index (χ2v) is 5.55. The predicted octanol–water partition coefficient (Wildman–Crippen LogP) is 2.04. The third kappa shape index (κ3) is 4.64. The molecular weight excluding hydrogens is 234 g/mol. The Bertz CT molecular complexity index is 309. The Morgan fingerprint density at radius 1 is 1.39 bits per heavy atom. The monoisotopic (exact) mass is 257 g/mol. The maximum absolute atomic E-state index is 11.8. The van der Waals surface area contributed by atoms with E-state index in [1.54, 1.807) is 20.8 Å². The summed E-state index contributed by atoms with van der Waals surface area (Å²) in [4.78, 5) is 23.4. The van der Waals surface area contributed by atoms with Gasteiger partial charge in [-0.05, 0) is 33.6 Å². The lowest BCUT2D eigenvalue weighted by Crippen LogP contribution is -2.45. The molecule has 1 amide bonds. The van der Waals surface area contributed by atoms with Crippen molar-refractivity contribution < 1.29 is 19.1 Å². The Kier molecular flexibility index (Phi) is 5.14. The molecule has 5 nitrogen and oxygen atoms in total. The first kappa shape index (κ1) is 15.0. The highest BCUT2D eigenvalue weighted by Crippen LogP contribution is 2.17. The van der Waals surface area contributed by atoms with E-state index in [0.29, 0.717) is 19.4 Å². The summed E-state index contributed by atoms with van der Waals surface area (Å²) >= 11 is 0. The lowest BCUT2D eigenvalue weighted by Gasteiger charge is -2.23. The van der Waals surface area contributed by atoms with Crippen molar-refractivity contribution in [3.05, 3.63) is 0 Å². The second-order valence-electron chi connectivity index (χ2n) is 5.55. The van der Waals surface area contributed by atoms with E-state index in [1.165, 1.54) is 0 Å². The van der Waals surface area contributed by atoms with E-state index >= 15 is 0 Å². The van der Waals surface area contributed by atoms with Crippen LogP contribution in [0.25, 0.3) is 0 Å². The van der Waals surface area contributed by atoms with Gasteiger partial charge in [0, 0.05) is 13.0 Å². The number of nitrogens with one attached hydrogen (secondary N) is 1. The summed E-state index contributed by atoms with van der Waals surface area (Å²) in [5.74, 6) is 0.0519. The van der Waals surface area contributed by atoms with Gasteiger partial charge in [0.1, 0.15) is 11.7 Å². The average Bonchev–Trinajstić information content (AvgIpc) is 2.62. The summed E-state index contributed by atoms with van der Waals surface area (Å²) in [6.45, 7) is 7.86. The van der Waals surface area contributed by atoms with E-state index < -0.39 is 17.8 Å². The topological polar surface area (TPSA) is 64.6 Å². The van der Waals surface area contributed by atoms with Gasteiger partial charge in [0.2, 0.25) is 0 Å². The minimum atomic E-state index is -0.535. The molecule has 0 aromatic rings. The fourth-order valence-corrected chi connectivity index (χ4v) is 1.90. The van der Waals surface area contributed by atoms with Crippen molar-refractivity contribution in [1.29, 1.82) is 0 Å². The molecule has 1 fully saturated rings. The van der Waals surface area contributed by atoms with Crippen LogP contribution in [0.1, 0.15) is 47.0 Å². The number of carbonyl (C=O) groups is 2. The molecule has 0 aromatic heterocycles. The molecule has 0 bridgehead atoms. The Morgan fingerprint density at radius 2 is 2.06 bits per heavy atom. The summed E-state index contributed by atoms with van der Waals surface area (Å²) < 4.78 is 10.6. The molecule has 1 aliphatic heterocycles. The van der Waals surface area contributed by atoms with Crippen LogP contribution in [0.15, 0.2) is 0 Å². The number of amides is 1. The molecule has 5 heteroatoms. The number of carbonyl (C=O) groups excluding carboxylic acids is 2. The number of alkyl carbamates (subject to hydrolysis) is 1. The van der Waals surface area contributed by atoms with Gasteiger partial charge >= 0.3 is 6.09 Å². The summed E-state index contributed by atoms with van der Waals surface area (Å²) in [7, 11) is 0. The Hall–Kier alpha value is -1.10. The lowest BCUT2D eigenvalue weighted by molar-refractivity contribution is -0.128. The number of hydrogen-bond donors (Lipinski definition) is 1. The van der Waals surface area contributed by atoms with Crippen LogP contribution in [0.5, 0.6) is 0 Å². The first-order valence-electron chi connectivity index (χ1n) is 6.47. The smallest absolute Gasteiger partial charge is 0.407 e. The zero-order valence-corrected chi connectivity index (χ0v) is 11.6. The van der Waals surface area contributed by atoms with Gasteiger partial charge in [-0.15, -0.1) is 0 Å². The lowest BCUT2D eigenvalue weighted by atomic mass is 10.0. The van der Waals surface area contributed by atoms with E-state index in [9.17, 15) is 9.59 Å². The number of ether oxygens (including phenoxy) is 2. The highest BCUT2D eigenvalue weighted by atomic mass is 16.6. The number of Topliss-reactive ketones (excluding diaryl/α,β-unsaturated/α-hetero) is 1. The zero-order valence-electron chi connectivity index (χ0n) is 11.6. The first-order valence-corrected chi connectivity index (χ1v) is 6.47. The molecule has 1 rings (SSSR count). The van der Waals surface area contributed by atoms with Crippen LogP contribution in [0.2, 0.25) is 0 Å². The molecule has 104 valence electrons. The quantitative estimate of drug-likeness (QED) is 0.837. The maximum Gasteiger partial charge on any atom is 0.407 e. The molecule has 0 aliphatic carbocycles. The molecular formula is C13H23NO4. The van der Waals surface area contributed by atoms with E-state index in [1.807, 2.05) is 6.92 Å². The molecule has 2 unspecified atom stereocenters. The van der Waals surface area contributed by atoms with E-state index in [-0.39, 0.29) is 11.8 Å². The summed E-state index contributed by atoms with van der Waals surface area (Å²) in [6, 6.07) is -0.265. The summed E-state index contributed by atoms with van der Waals surface area (Å²) in [6.07, 6.45) is 0.916. The SMILES string of the molecule is CCCC(=O)C1OCCC1NC(=O)OC(C)(C)C. The van der Waals surface area contributed by atoms with Crippen molar-refractivity contribution in [2.75, 3.05) is 6.61 Å². The van der Waals surface area contributed by atoms with Crippen molar-refractivity contribution in [1.82, 2.24) is 5.32 Å². The van der Waals surface area contributed by atoms with Gasteiger partial charge in [-0.2, -0.15) is 0 Å². The number of hydrogen-bond acceptors (Lipinski definition) is 4. The maximum atomic E-state index is 11.8. The van der Waals surface area contributed by atoms with E-state index in [0.717, 1.165) is 6.42 Å². The van der Waals surface area contributed by atoms with Crippen molar-refractivity contribution in [3.8, 4) is 0 Å². The average molecular weight is 257 g/mol. The molecule has 2 atom stereocenters. The van der Waals surface area contributed by atoms with Gasteiger partial charge in [0.05, 0.1) is 6.04 Å². The van der Waals surface area contributed by atoms with Crippen LogP contribution in [0.4, 0.5) is 4.79 Å². The first-order chi connectivity index (χ1) is 8.33. The van der Waals surface area contributed by atoms with Gasteiger partial charge < -0.3 is 14.8 Å². The van der Waals surface area contributed by atoms with Gasteiger partial charge in [-0.1, -0.05) is 6.92 Å². The Balaban J connectivity index is 2.50. The van der Waals surface area contributed by atoms with Crippen LogP contribution < -0.4 is 5.32 Å². The predicted molar refractivity (Wildman–Crippen MR) is 67.4 cm³/mol. The van der Waals surface area contributed by atoms with Gasteiger partial charge in [0.15, 0.2) is 5.78 Å². The van der Waals surface area contributed by atoms with Crippen LogP contribution in [-0.4, -0.2) is 36.2 Å². The summed E-state index contributed by atoms with van der Waals surface area (Å²) in [5, 5.41) is 2.72. The number of rotatable bonds is 4. The molecule has 0 radical (unpaired) electrons. The Morgan fingerprint density at radius 3 is 2.61 bits per heavy atom. The fourth-order valence-electron chi connectivity index (χ4n) is 1.90. The normalized spacial score (nSPS) is 23.8. The van der Waals surface area contributed by atoms with Crippen molar-refractivity contribution >= 4 is 11.9 Å². The third-order valence-corrected chi connectivity index (χ3v) is 2.61. The molecule has 0 saturated carbocycles. The van der Waals surface area contributed by atoms with Crippen LogP contribution >= 0.6 is 0 Å². The van der Waals surface area contributed by atoms with Crippen molar-refractivity contribution in [2.24, 2.45) is 0 Å². The summed E-state index contributed by atoms with van der Waals surface area (Å²) in [5.41, 5.74) is -0.535. The van der Waals surface area contributed by atoms with Crippen LogP contribution in [0.3, 0.4) is 0 Å². The van der Waals surface area contributed by atoms with Crippen molar-refractivity contribution in [2.45, 2.75) is 64.7 Å². The van der Waals surface area contributed by atoms with Gasteiger partial charge in [-0.3, -0.25) is 4.79 Å². The largest absolute Gasteiger partial charge is 0.444 e. The molecule has 0 aromatic carbocycles. The van der Waals surface area contributed by atoms with Gasteiger partial charge in [0.25, 0.3) is 0 Å². The number of ketones is 1. The van der Waals surface area contributed by atoms with E-state index in [2.05, 4.69) is 5.32 Å². The molecule has 1 heterocycles. The van der Waals surface area contributed by atoms with E-state index in [4.69, 9.17) is 9.47 Å². The molecule has 1 saturated heterocycles. The van der Waals surface area contributed by atoms with Crippen LogP contribution in [0, 0.1) is 0 Å². The molecule has 18 heavy (non-hydrogen) atoms. The van der Waals surface area contributed by atoms with Crippen LogP contribution in [-0.2, 0) is 14.3 Å². The highest BCUT2D eigenvalue weighted by Gasteiger charge is 2.35. The minimum Gasteiger partial charge on any atom is -0.444 e. The third-order valence-electron chi connectivity index (χ3n) is 2.61. The highest BCUT2D eigenvalue weighted by molar-refractivity contribution is 5.84. The van der Waals surface area contributed by atoms with Crippen molar-refractivity contribution in [3.63, 3.8) is 0 Å². The zero-order chi connectivity index (χ0) is 13.8. The minimum absolute atomic E-state index is 0.0519. The standard InChI is InChI=1S/C13H23NO4/c1-5-6-10(15)11-9(7-8-17-11)14-12(16)18-13(2,3)4/h9,11H,5-8H2,1-4H3,(H,14,16). The Labute approximate surface area is 108 Å². The second kappa shape index (κ2) is 6.18. The fraction of sp³-hybridized carbons (Fsp3) is 0.846. The molecule has 1 N–H and O–H groups in total.